The van der Waals surface area contributed by atoms with E-state index in [1.54, 1.807) is 47.0 Å². The van der Waals surface area contributed by atoms with Crippen molar-refractivity contribution >= 4 is 105 Å². The second-order valence-electron chi connectivity index (χ2n) is 3.66. The van der Waals surface area contributed by atoms with Crippen LogP contribution >= 0.6 is 93.2 Å². The quantitative estimate of drug-likeness (QED) is 0.264. The topological polar surface area (TPSA) is 52.6 Å². The van der Waals surface area contributed by atoms with Crippen LogP contribution in [-0.4, -0.2) is 36.2 Å². The largest absolute Gasteiger partial charge is 0.465 e. The third kappa shape index (κ3) is 4.79. The Labute approximate surface area is 173 Å². The van der Waals surface area contributed by atoms with Gasteiger partial charge in [-0.15, -0.1) is 23.5 Å². The smallest absolute Gasteiger partial charge is 0.346 e. The summed E-state index contributed by atoms with van der Waals surface area (Å²) in [5.41, 5.74) is 0. The van der Waals surface area contributed by atoms with E-state index in [9.17, 15) is 9.59 Å². The number of hydrogen-bond acceptors (Lipinski definition) is 10. The molecule has 0 unspecified atom stereocenters. The van der Waals surface area contributed by atoms with E-state index in [-0.39, 0.29) is 0 Å². The van der Waals surface area contributed by atoms with Gasteiger partial charge in [0, 0.05) is 0 Å². The van der Waals surface area contributed by atoms with E-state index in [0.29, 0.717) is 9.81 Å². The highest BCUT2D eigenvalue weighted by molar-refractivity contribution is 14.1. The summed E-state index contributed by atoms with van der Waals surface area (Å²) >= 11 is 11.8. The summed E-state index contributed by atoms with van der Waals surface area (Å²) in [6, 6.07) is 0. The molecular weight excluding hydrogens is 527 g/mol. The molecule has 0 saturated heterocycles. The summed E-state index contributed by atoms with van der Waals surface area (Å²) in [6.07, 6.45) is 2.05. The lowest BCUT2D eigenvalue weighted by molar-refractivity contribution is -0.138. The van der Waals surface area contributed by atoms with Crippen molar-refractivity contribution in [2.24, 2.45) is 0 Å². The molecule has 0 aromatic heterocycles. The van der Waals surface area contributed by atoms with Crippen LogP contribution in [0.3, 0.4) is 0 Å². The van der Waals surface area contributed by atoms with E-state index in [1.165, 1.54) is 46.2 Å². The molecule has 4 nitrogen and oxygen atoms in total. The maximum absolute atomic E-state index is 11.9. The number of rotatable bonds is 5. The third-order valence-corrected chi connectivity index (χ3v) is 11.5. The summed E-state index contributed by atoms with van der Waals surface area (Å²) in [5.74, 6) is -1.02. The van der Waals surface area contributed by atoms with E-state index in [1.807, 2.05) is 0 Å². The first-order valence-electron chi connectivity index (χ1n) is 5.89. The first kappa shape index (κ1) is 20.3. The number of halogens is 1. The molecule has 0 radical (unpaired) electrons. The van der Waals surface area contributed by atoms with Crippen molar-refractivity contribution < 1.29 is 19.1 Å². The molecule has 0 aromatic carbocycles. The van der Waals surface area contributed by atoms with Gasteiger partial charge < -0.3 is 9.47 Å². The molecule has 23 heavy (non-hydrogen) atoms. The van der Waals surface area contributed by atoms with E-state index >= 15 is 0 Å². The van der Waals surface area contributed by atoms with Crippen molar-refractivity contribution in [1.29, 1.82) is 0 Å². The fraction of sp³-hybridized carbons (Fsp3) is 0.333. The number of ether oxygens (including phenoxy) is 2. The van der Waals surface area contributed by atoms with Gasteiger partial charge in [0.2, 0.25) is 0 Å². The number of hydrogen-bond donors (Lipinski definition) is 0. The highest BCUT2D eigenvalue weighted by Gasteiger charge is 2.36. The van der Waals surface area contributed by atoms with Gasteiger partial charge in [0.25, 0.3) is 0 Å². The summed E-state index contributed by atoms with van der Waals surface area (Å²) in [5, 5.41) is 0. The molecule has 0 atom stereocenters. The van der Waals surface area contributed by atoms with Gasteiger partial charge >= 0.3 is 11.9 Å². The Hall–Kier alpha value is 0.990. The maximum Gasteiger partial charge on any atom is 0.346 e. The molecule has 0 spiro atoms. The van der Waals surface area contributed by atoms with Crippen molar-refractivity contribution in [3.8, 4) is 0 Å². The first-order valence-corrected chi connectivity index (χ1v) is 12.9. The SMILES string of the molecule is COC(=O)C1=C(C(=O)OC)SC(=C2SC(SC)=C(SCI)S2)S1. The summed E-state index contributed by atoms with van der Waals surface area (Å²) in [7, 11) is 2.62. The van der Waals surface area contributed by atoms with E-state index in [2.05, 4.69) is 28.8 Å². The first-order chi connectivity index (χ1) is 11.0. The standard InChI is InChI=1S/C12H11IO4S6/c1-16-7(14)5-6(8(15)17-2)21-11(20-5)12-22-9(18-3)10(23-12)19-4-13/h4H2,1-3H3. The molecule has 0 saturated carbocycles. The van der Waals surface area contributed by atoms with Crippen LogP contribution in [-0.2, 0) is 19.1 Å². The second kappa shape index (κ2) is 9.62. The van der Waals surface area contributed by atoms with Crippen molar-refractivity contribution in [2.75, 3.05) is 24.2 Å². The van der Waals surface area contributed by atoms with Crippen LogP contribution in [0.1, 0.15) is 0 Å². The van der Waals surface area contributed by atoms with Crippen molar-refractivity contribution in [3.63, 3.8) is 0 Å². The number of esters is 2. The van der Waals surface area contributed by atoms with Gasteiger partial charge in [-0.05, 0) is 6.26 Å². The Kier molecular flexibility index (Phi) is 8.49. The van der Waals surface area contributed by atoms with Crippen LogP contribution in [0.5, 0.6) is 0 Å². The van der Waals surface area contributed by atoms with Crippen LogP contribution in [0.15, 0.2) is 26.8 Å². The normalized spacial score (nSPS) is 18.1. The van der Waals surface area contributed by atoms with Gasteiger partial charge in [0.05, 0.1) is 34.9 Å². The minimum absolute atomic E-state index is 0.300. The molecular formula is C12H11IO4S6. The number of alkyl halides is 1. The Balaban J connectivity index is 2.25. The lowest BCUT2D eigenvalue weighted by Crippen LogP contribution is -2.08. The van der Waals surface area contributed by atoms with Crippen LogP contribution in [0.25, 0.3) is 0 Å². The van der Waals surface area contributed by atoms with Gasteiger partial charge in [0.15, 0.2) is 0 Å². The molecule has 0 fully saturated rings. The second-order valence-corrected chi connectivity index (χ2v) is 12.4. The zero-order chi connectivity index (χ0) is 17.0. The van der Waals surface area contributed by atoms with E-state index < -0.39 is 11.9 Å². The van der Waals surface area contributed by atoms with E-state index in [4.69, 9.17) is 9.47 Å². The molecule has 2 heterocycles. The molecule has 0 aliphatic carbocycles. The van der Waals surface area contributed by atoms with Crippen LogP contribution in [0, 0.1) is 0 Å². The fourth-order valence-electron chi connectivity index (χ4n) is 1.46. The van der Waals surface area contributed by atoms with Gasteiger partial charge in [-0.25, -0.2) is 9.59 Å². The van der Waals surface area contributed by atoms with Gasteiger partial charge in [-0.3, -0.25) is 0 Å². The fourth-order valence-corrected chi connectivity index (χ4v) is 10.8. The Morgan fingerprint density at radius 1 is 0.957 bits per heavy atom. The van der Waals surface area contributed by atoms with Crippen LogP contribution in [0.2, 0.25) is 0 Å². The average Bonchev–Trinajstić information content (AvgIpc) is 3.17. The zero-order valence-corrected chi connectivity index (χ0v) is 19.2. The van der Waals surface area contributed by atoms with Crippen molar-refractivity contribution in [1.82, 2.24) is 0 Å². The van der Waals surface area contributed by atoms with Gasteiger partial charge in [0.1, 0.15) is 9.81 Å². The van der Waals surface area contributed by atoms with Crippen LogP contribution in [0.4, 0.5) is 0 Å². The molecule has 0 amide bonds. The number of carbonyl (C=O) groups is 2. The lowest BCUT2D eigenvalue weighted by Gasteiger charge is -2.02. The van der Waals surface area contributed by atoms with Crippen molar-refractivity contribution in [2.45, 2.75) is 0 Å². The molecule has 0 bridgehead atoms. The number of carbonyl (C=O) groups excluding carboxylic acids is 2. The lowest BCUT2D eigenvalue weighted by atomic mass is 10.5. The number of methoxy groups -OCH3 is 2. The summed E-state index contributed by atoms with van der Waals surface area (Å²) in [4.78, 5) is 24.4. The summed E-state index contributed by atoms with van der Waals surface area (Å²) < 4.78 is 15.1. The molecule has 0 N–H and O–H groups in total. The molecule has 11 heteroatoms. The molecule has 126 valence electrons. The van der Waals surface area contributed by atoms with E-state index in [0.717, 1.165) is 12.2 Å². The van der Waals surface area contributed by atoms with Crippen molar-refractivity contribution in [3.05, 3.63) is 26.8 Å². The predicted molar refractivity (Wildman–Crippen MR) is 115 cm³/mol. The van der Waals surface area contributed by atoms with Gasteiger partial charge in [-0.2, -0.15) is 0 Å². The monoisotopic (exact) mass is 538 g/mol. The average molecular weight is 539 g/mol. The highest BCUT2D eigenvalue weighted by atomic mass is 127. The molecule has 2 rings (SSSR count). The minimum Gasteiger partial charge on any atom is -0.465 e. The molecule has 0 aromatic rings. The highest BCUT2D eigenvalue weighted by Crippen LogP contribution is 2.63. The van der Waals surface area contributed by atoms with Crippen LogP contribution < -0.4 is 0 Å². The maximum atomic E-state index is 11.9. The third-order valence-electron chi connectivity index (χ3n) is 2.41. The van der Waals surface area contributed by atoms with Gasteiger partial charge in [-0.1, -0.05) is 69.6 Å². The molecule has 2 aliphatic rings. The Bertz CT molecular complexity index is 597. The Morgan fingerprint density at radius 3 is 1.87 bits per heavy atom. The summed E-state index contributed by atoms with van der Waals surface area (Å²) in [6.45, 7) is 0. The number of thioether (sulfide) groups is 6. The minimum atomic E-state index is -0.508. The predicted octanol–water partition coefficient (Wildman–Crippen LogP) is 5.25. The Morgan fingerprint density at radius 2 is 1.43 bits per heavy atom. The zero-order valence-electron chi connectivity index (χ0n) is 12.2. The molecule has 2 aliphatic heterocycles.